The van der Waals surface area contributed by atoms with Gasteiger partial charge in [0.25, 0.3) is 0 Å². The number of carboxylic acids is 1. The Hall–Kier alpha value is -1.79. The van der Waals surface area contributed by atoms with Gasteiger partial charge in [-0.15, -0.1) is 11.8 Å². The normalized spacial score (nSPS) is 23.8. The van der Waals surface area contributed by atoms with Gasteiger partial charge in [-0.25, -0.2) is 0 Å². The van der Waals surface area contributed by atoms with Crippen molar-refractivity contribution in [3.63, 3.8) is 0 Å². The fraction of sp³-hybridized carbons (Fsp3) is 0.375. The SMILES string of the molecule is Cc1ccc2occ(C3NC(C(=O)O)C(C)(C)S3)c(=O)c2c1. The number of benzene rings is 1. The van der Waals surface area contributed by atoms with E-state index >= 15 is 0 Å². The number of hydrogen-bond donors (Lipinski definition) is 2. The van der Waals surface area contributed by atoms with E-state index in [4.69, 9.17) is 4.42 Å². The molecule has 116 valence electrons. The maximum absolute atomic E-state index is 12.7. The first-order valence-electron chi connectivity index (χ1n) is 6.98. The highest BCUT2D eigenvalue weighted by atomic mass is 32.2. The quantitative estimate of drug-likeness (QED) is 0.886. The third-order valence-corrected chi connectivity index (χ3v) is 5.39. The number of fused-ring (bicyclic) bond motifs is 1. The molecule has 1 saturated heterocycles. The van der Waals surface area contributed by atoms with Gasteiger partial charge in [-0.05, 0) is 32.9 Å². The lowest BCUT2D eigenvalue weighted by molar-refractivity contribution is -0.139. The number of thioether (sulfide) groups is 1. The minimum Gasteiger partial charge on any atom is -0.480 e. The van der Waals surface area contributed by atoms with E-state index in [1.807, 2.05) is 26.8 Å². The van der Waals surface area contributed by atoms with E-state index in [0.29, 0.717) is 16.5 Å². The molecule has 1 aromatic carbocycles. The number of rotatable bonds is 2. The van der Waals surface area contributed by atoms with Crippen molar-refractivity contribution in [3.8, 4) is 0 Å². The molecule has 2 aromatic rings. The van der Waals surface area contributed by atoms with Gasteiger partial charge in [-0.3, -0.25) is 14.9 Å². The number of carboxylic acid groups (broad SMARTS) is 1. The summed E-state index contributed by atoms with van der Waals surface area (Å²) < 4.78 is 5.04. The molecule has 1 fully saturated rings. The fourth-order valence-electron chi connectivity index (χ4n) is 2.72. The predicted molar refractivity (Wildman–Crippen MR) is 86.2 cm³/mol. The highest BCUT2D eigenvalue weighted by Crippen LogP contribution is 2.45. The van der Waals surface area contributed by atoms with E-state index in [1.165, 1.54) is 18.0 Å². The van der Waals surface area contributed by atoms with Crippen LogP contribution in [-0.2, 0) is 4.79 Å². The van der Waals surface area contributed by atoms with Gasteiger partial charge in [-0.2, -0.15) is 0 Å². The average Bonchev–Trinajstić information content (AvgIpc) is 2.75. The van der Waals surface area contributed by atoms with Crippen LogP contribution in [0.5, 0.6) is 0 Å². The lowest BCUT2D eigenvalue weighted by atomic mass is 10.0. The second-order valence-corrected chi connectivity index (χ2v) is 7.82. The largest absolute Gasteiger partial charge is 0.480 e. The van der Waals surface area contributed by atoms with Gasteiger partial charge in [0, 0.05) is 4.75 Å². The topological polar surface area (TPSA) is 79.5 Å². The smallest absolute Gasteiger partial charge is 0.322 e. The van der Waals surface area contributed by atoms with Crippen LogP contribution in [0.2, 0.25) is 0 Å². The maximum atomic E-state index is 12.7. The molecule has 0 radical (unpaired) electrons. The van der Waals surface area contributed by atoms with Crippen molar-refractivity contribution in [2.45, 2.75) is 36.9 Å². The molecular weight excluding hydrogens is 302 g/mol. The van der Waals surface area contributed by atoms with Crippen molar-refractivity contribution in [1.29, 1.82) is 0 Å². The van der Waals surface area contributed by atoms with Crippen molar-refractivity contribution in [1.82, 2.24) is 5.32 Å². The molecule has 22 heavy (non-hydrogen) atoms. The standard InChI is InChI=1S/C16H17NO4S/c1-8-4-5-11-9(6-8)12(18)10(7-21-11)14-17-13(15(19)20)16(2,3)22-14/h4-7,13-14,17H,1-3H3,(H,19,20). The van der Waals surface area contributed by atoms with Crippen LogP contribution in [0.25, 0.3) is 11.0 Å². The molecule has 2 atom stereocenters. The van der Waals surface area contributed by atoms with Crippen LogP contribution in [0.3, 0.4) is 0 Å². The summed E-state index contributed by atoms with van der Waals surface area (Å²) >= 11 is 1.43. The lowest BCUT2D eigenvalue weighted by Crippen LogP contribution is -2.43. The second kappa shape index (κ2) is 5.14. The van der Waals surface area contributed by atoms with Crippen molar-refractivity contribution >= 4 is 28.7 Å². The molecular formula is C16H17NO4S. The molecule has 2 heterocycles. The van der Waals surface area contributed by atoms with Gasteiger partial charge in [0.05, 0.1) is 16.3 Å². The van der Waals surface area contributed by atoms with E-state index in [9.17, 15) is 14.7 Å². The van der Waals surface area contributed by atoms with Crippen molar-refractivity contribution < 1.29 is 14.3 Å². The van der Waals surface area contributed by atoms with Crippen LogP contribution in [0.15, 0.2) is 33.7 Å². The molecule has 0 spiro atoms. The highest BCUT2D eigenvalue weighted by molar-refractivity contribution is 8.01. The van der Waals surface area contributed by atoms with Gasteiger partial charge >= 0.3 is 5.97 Å². The van der Waals surface area contributed by atoms with E-state index in [0.717, 1.165) is 5.56 Å². The van der Waals surface area contributed by atoms with Crippen LogP contribution in [0, 0.1) is 6.92 Å². The minimum absolute atomic E-state index is 0.114. The van der Waals surface area contributed by atoms with Crippen molar-refractivity contribution in [3.05, 3.63) is 45.8 Å². The molecule has 1 aliphatic heterocycles. The van der Waals surface area contributed by atoms with Gasteiger partial charge in [0.1, 0.15) is 17.9 Å². The monoisotopic (exact) mass is 319 g/mol. The Labute approximate surface area is 131 Å². The number of carbonyl (C=O) groups is 1. The molecule has 2 N–H and O–H groups in total. The summed E-state index contributed by atoms with van der Waals surface area (Å²) in [5.74, 6) is -0.916. The number of nitrogens with one attached hydrogen (secondary N) is 1. The van der Waals surface area contributed by atoms with Crippen LogP contribution in [0.4, 0.5) is 0 Å². The molecule has 3 rings (SSSR count). The Morgan fingerprint density at radius 3 is 2.77 bits per heavy atom. The summed E-state index contributed by atoms with van der Waals surface area (Å²) in [6, 6.07) is 4.74. The molecule has 2 unspecified atom stereocenters. The Morgan fingerprint density at radius 2 is 2.14 bits per heavy atom. The van der Waals surface area contributed by atoms with Gasteiger partial charge in [-0.1, -0.05) is 11.6 Å². The summed E-state index contributed by atoms with van der Waals surface area (Å²) in [5.41, 5.74) is 1.86. The molecule has 1 aromatic heterocycles. The molecule has 6 heteroatoms. The van der Waals surface area contributed by atoms with E-state index in [1.54, 1.807) is 12.1 Å². The Balaban J connectivity index is 2.07. The van der Waals surface area contributed by atoms with Crippen molar-refractivity contribution in [2.24, 2.45) is 0 Å². The summed E-state index contributed by atoms with van der Waals surface area (Å²) in [4.78, 5) is 24.1. The van der Waals surface area contributed by atoms with Crippen LogP contribution >= 0.6 is 11.8 Å². The van der Waals surface area contributed by atoms with Gasteiger partial charge in [0.2, 0.25) is 0 Å². The Bertz CT molecular complexity index is 811. The predicted octanol–water partition coefficient (Wildman–Crippen LogP) is 2.67. The third kappa shape index (κ3) is 2.42. The van der Waals surface area contributed by atoms with Gasteiger partial charge in [0.15, 0.2) is 5.43 Å². The maximum Gasteiger partial charge on any atom is 0.322 e. The van der Waals surface area contributed by atoms with Crippen LogP contribution in [0.1, 0.15) is 30.3 Å². The van der Waals surface area contributed by atoms with E-state index in [-0.39, 0.29) is 5.43 Å². The minimum atomic E-state index is -0.916. The molecule has 0 aliphatic carbocycles. The Kier molecular flexibility index (Phi) is 3.53. The number of aryl methyl sites for hydroxylation is 1. The van der Waals surface area contributed by atoms with Gasteiger partial charge < -0.3 is 9.52 Å². The zero-order valence-electron chi connectivity index (χ0n) is 12.5. The summed E-state index contributed by atoms with van der Waals surface area (Å²) in [7, 11) is 0. The van der Waals surface area contributed by atoms with Crippen LogP contribution in [-0.4, -0.2) is 21.9 Å². The zero-order chi connectivity index (χ0) is 16.1. The third-order valence-electron chi connectivity index (χ3n) is 3.92. The summed E-state index contributed by atoms with van der Waals surface area (Å²) in [6.45, 7) is 5.63. The van der Waals surface area contributed by atoms with E-state index < -0.39 is 22.1 Å². The molecule has 0 bridgehead atoms. The summed E-state index contributed by atoms with van der Waals surface area (Å²) in [5, 5.41) is 12.5. The summed E-state index contributed by atoms with van der Waals surface area (Å²) in [6.07, 6.45) is 1.44. The van der Waals surface area contributed by atoms with Crippen molar-refractivity contribution in [2.75, 3.05) is 0 Å². The molecule has 0 saturated carbocycles. The van der Waals surface area contributed by atoms with Crippen LogP contribution < -0.4 is 10.7 Å². The Morgan fingerprint density at radius 1 is 1.41 bits per heavy atom. The molecule has 0 amide bonds. The first-order chi connectivity index (χ1) is 10.3. The van der Waals surface area contributed by atoms with E-state index in [2.05, 4.69) is 5.32 Å². The molecule has 1 aliphatic rings. The lowest BCUT2D eigenvalue weighted by Gasteiger charge is -2.20. The fourth-order valence-corrected chi connectivity index (χ4v) is 4.13. The molecule has 5 nitrogen and oxygen atoms in total. The average molecular weight is 319 g/mol. The first-order valence-corrected chi connectivity index (χ1v) is 7.86. The second-order valence-electron chi connectivity index (χ2n) is 6.06. The first kappa shape index (κ1) is 15.1. The highest BCUT2D eigenvalue weighted by Gasteiger charge is 2.46. The number of hydrogen-bond acceptors (Lipinski definition) is 5. The number of aliphatic carboxylic acids is 1. The zero-order valence-corrected chi connectivity index (χ0v) is 13.4.